The van der Waals surface area contributed by atoms with Crippen molar-refractivity contribution in [1.82, 2.24) is 14.3 Å². The van der Waals surface area contributed by atoms with E-state index in [1.807, 2.05) is 17.6 Å². The lowest BCUT2D eigenvalue weighted by atomic mass is 10.1. The summed E-state index contributed by atoms with van der Waals surface area (Å²) in [5.74, 6) is 1.51. The lowest BCUT2D eigenvalue weighted by molar-refractivity contribution is 0.0398. The van der Waals surface area contributed by atoms with Gasteiger partial charge in [0.2, 0.25) is 0 Å². The van der Waals surface area contributed by atoms with Gasteiger partial charge in [-0.3, -0.25) is 9.30 Å². The highest BCUT2D eigenvalue weighted by Crippen LogP contribution is 2.35. The van der Waals surface area contributed by atoms with E-state index in [-0.39, 0.29) is 5.75 Å². The summed E-state index contributed by atoms with van der Waals surface area (Å²) in [5.41, 5.74) is 1.69. The van der Waals surface area contributed by atoms with Crippen molar-refractivity contribution in [3.63, 3.8) is 0 Å². The highest BCUT2D eigenvalue weighted by atomic mass is 32.1. The third-order valence-corrected chi connectivity index (χ3v) is 5.30. The molecule has 3 aromatic rings. The van der Waals surface area contributed by atoms with Crippen LogP contribution in [0.15, 0.2) is 29.8 Å². The van der Waals surface area contributed by atoms with Crippen molar-refractivity contribution >= 4 is 22.1 Å². The van der Waals surface area contributed by atoms with Gasteiger partial charge in [-0.1, -0.05) is 0 Å². The topological polar surface area (TPSA) is 71.3 Å². The number of hydrogen-bond donors (Lipinski definition) is 2. The molecule has 0 saturated carbocycles. The number of benzene rings is 1. The number of ether oxygens (including phenoxy) is 2. The van der Waals surface area contributed by atoms with Gasteiger partial charge in [-0.2, -0.15) is 0 Å². The minimum atomic E-state index is 0.112. The Morgan fingerprint density at radius 1 is 1.35 bits per heavy atom. The van der Waals surface area contributed by atoms with Crippen LogP contribution in [0.4, 0.5) is 5.82 Å². The summed E-state index contributed by atoms with van der Waals surface area (Å²) in [4.78, 5) is 8.05. The number of fused-ring (bicyclic) bond motifs is 1. The summed E-state index contributed by atoms with van der Waals surface area (Å²) in [5, 5.41) is 15.7. The molecule has 4 rings (SSSR count). The fourth-order valence-corrected chi connectivity index (χ4v) is 3.86. The molecule has 0 unspecified atom stereocenters. The summed E-state index contributed by atoms with van der Waals surface area (Å²) in [6.07, 6.45) is 2.01. The Kier molecular flexibility index (Phi) is 4.96. The highest BCUT2D eigenvalue weighted by molar-refractivity contribution is 7.15. The van der Waals surface area contributed by atoms with Gasteiger partial charge in [0.15, 0.2) is 16.5 Å². The Morgan fingerprint density at radius 2 is 2.19 bits per heavy atom. The predicted molar refractivity (Wildman–Crippen MR) is 102 cm³/mol. The Hall–Kier alpha value is -2.29. The molecule has 0 aliphatic carbocycles. The van der Waals surface area contributed by atoms with Crippen LogP contribution in [0.2, 0.25) is 0 Å². The number of nitrogens with zero attached hydrogens (tertiary/aromatic N) is 3. The molecule has 2 N–H and O–H groups in total. The first-order chi connectivity index (χ1) is 12.8. The number of rotatable bonds is 6. The lowest BCUT2D eigenvalue weighted by Gasteiger charge is -2.26. The van der Waals surface area contributed by atoms with Gasteiger partial charge in [0, 0.05) is 43.3 Å². The van der Waals surface area contributed by atoms with Crippen molar-refractivity contribution in [2.45, 2.75) is 0 Å². The molecule has 0 spiro atoms. The summed E-state index contributed by atoms with van der Waals surface area (Å²) >= 11 is 1.59. The second kappa shape index (κ2) is 7.53. The minimum Gasteiger partial charge on any atom is -0.504 e. The minimum absolute atomic E-state index is 0.112. The zero-order valence-electron chi connectivity index (χ0n) is 14.6. The molecule has 0 radical (unpaired) electrons. The molecular weight excluding hydrogens is 352 g/mol. The monoisotopic (exact) mass is 374 g/mol. The van der Waals surface area contributed by atoms with E-state index in [9.17, 15) is 5.11 Å². The van der Waals surface area contributed by atoms with Crippen LogP contribution in [0, 0.1) is 0 Å². The number of hydrogen-bond acceptors (Lipinski definition) is 7. The molecular formula is C18H22N4O3S. The van der Waals surface area contributed by atoms with Gasteiger partial charge in [-0.05, 0) is 18.2 Å². The molecule has 7 nitrogen and oxygen atoms in total. The van der Waals surface area contributed by atoms with Crippen molar-refractivity contribution in [1.29, 1.82) is 0 Å². The molecule has 1 aliphatic rings. The van der Waals surface area contributed by atoms with Crippen molar-refractivity contribution in [2.75, 3.05) is 51.8 Å². The van der Waals surface area contributed by atoms with Crippen molar-refractivity contribution in [2.24, 2.45) is 0 Å². The van der Waals surface area contributed by atoms with Gasteiger partial charge >= 0.3 is 0 Å². The molecule has 2 aromatic heterocycles. The van der Waals surface area contributed by atoms with E-state index in [2.05, 4.69) is 14.6 Å². The Labute approximate surface area is 155 Å². The maximum Gasteiger partial charge on any atom is 0.195 e. The molecule has 138 valence electrons. The first-order valence-electron chi connectivity index (χ1n) is 8.63. The van der Waals surface area contributed by atoms with E-state index in [1.165, 1.54) is 0 Å². The predicted octanol–water partition coefficient (Wildman–Crippen LogP) is 2.52. The van der Waals surface area contributed by atoms with E-state index in [0.717, 1.165) is 61.4 Å². The van der Waals surface area contributed by atoms with E-state index in [1.54, 1.807) is 30.6 Å². The average molecular weight is 374 g/mol. The fourth-order valence-electron chi connectivity index (χ4n) is 3.15. The van der Waals surface area contributed by atoms with Crippen molar-refractivity contribution in [3.05, 3.63) is 29.8 Å². The Balaban J connectivity index is 1.57. The number of methoxy groups -OCH3 is 1. The molecule has 1 saturated heterocycles. The number of aromatic nitrogens is 2. The third kappa shape index (κ3) is 3.35. The Bertz CT molecular complexity index is 886. The zero-order chi connectivity index (χ0) is 17.9. The van der Waals surface area contributed by atoms with Crippen LogP contribution in [0.5, 0.6) is 11.5 Å². The SMILES string of the molecule is COc1ccc(-c2nc3sccn3c2NCCN2CCOCC2)cc1O. The molecule has 1 fully saturated rings. The van der Waals surface area contributed by atoms with E-state index in [0.29, 0.717) is 5.75 Å². The number of thiazole rings is 1. The standard InChI is InChI=1S/C18H22N4O3S/c1-24-15-3-2-13(12-14(15)23)16-17(22-8-11-26-18(22)20-16)19-4-5-21-6-9-25-10-7-21/h2-3,8,11-12,19,23H,4-7,9-10H2,1H3. The van der Waals surface area contributed by atoms with Crippen molar-refractivity contribution < 1.29 is 14.6 Å². The molecule has 0 amide bonds. The number of nitrogens with one attached hydrogen (secondary N) is 1. The fraction of sp³-hybridized carbons (Fsp3) is 0.389. The summed E-state index contributed by atoms with van der Waals surface area (Å²) in [6, 6.07) is 5.37. The first kappa shape index (κ1) is 17.1. The quantitative estimate of drug-likeness (QED) is 0.691. The maximum atomic E-state index is 10.1. The average Bonchev–Trinajstić information content (AvgIpc) is 3.25. The van der Waals surface area contributed by atoms with Gasteiger partial charge in [0.05, 0.1) is 20.3 Å². The van der Waals surface area contributed by atoms with Gasteiger partial charge in [-0.15, -0.1) is 11.3 Å². The molecule has 0 atom stereocenters. The second-order valence-electron chi connectivity index (χ2n) is 6.13. The lowest BCUT2D eigenvalue weighted by Crippen LogP contribution is -2.39. The smallest absolute Gasteiger partial charge is 0.195 e. The van der Waals surface area contributed by atoms with Crippen LogP contribution >= 0.6 is 11.3 Å². The number of imidazole rings is 1. The van der Waals surface area contributed by atoms with Gasteiger partial charge in [0.1, 0.15) is 11.5 Å². The number of aromatic hydroxyl groups is 1. The number of phenols is 1. The molecule has 8 heteroatoms. The molecule has 1 aliphatic heterocycles. The second-order valence-corrected chi connectivity index (χ2v) is 7.01. The van der Waals surface area contributed by atoms with Gasteiger partial charge in [0.25, 0.3) is 0 Å². The zero-order valence-corrected chi connectivity index (χ0v) is 15.5. The number of phenolic OH excluding ortho intramolecular Hbond substituents is 1. The molecule has 1 aromatic carbocycles. The number of anilines is 1. The van der Waals surface area contributed by atoms with Crippen molar-refractivity contribution in [3.8, 4) is 22.8 Å². The van der Waals surface area contributed by atoms with Crippen LogP contribution in [-0.2, 0) is 4.74 Å². The largest absolute Gasteiger partial charge is 0.504 e. The first-order valence-corrected chi connectivity index (χ1v) is 9.51. The van der Waals surface area contributed by atoms with E-state index >= 15 is 0 Å². The Morgan fingerprint density at radius 3 is 2.96 bits per heavy atom. The summed E-state index contributed by atoms with van der Waals surface area (Å²) in [6.45, 7) is 5.32. The van der Waals surface area contributed by atoms with Crippen LogP contribution < -0.4 is 10.1 Å². The third-order valence-electron chi connectivity index (χ3n) is 4.54. The van der Waals surface area contributed by atoms with Gasteiger partial charge < -0.3 is 19.9 Å². The van der Waals surface area contributed by atoms with E-state index in [4.69, 9.17) is 14.5 Å². The number of morpholine rings is 1. The molecule has 0 bridgehead atoms. The molecule has 3 heterocycles. The summed E-state index contributed by atoms with van der Waals surface area (Å²) in [7, 11) is 1.54. The van der Waals surface area contributed by atoms with Crippen LogP contribution in [0.1, 0.15) is 0 Å². The van der Waals surface area contributed by atoms with Crippen LogP contribution in [-0.4, -0.2) is 65.9 Å². The highest BCUT2D eigenvalue weighted by Gasteiger charge is 2.17. The maximum absolute atomic E-state index is 10.1. The summed E-state index contributed by atoms with van der Waals surface area (Å²) < 4.78 is 12.6. The van der Waals surface area contributed by atoms with E-state index < -0.39 is 0 Å². The molecule has 26 heavy (non-hydrogen) atoms. The van der Waals surface area contributed by atoms with Gasteiger partial charge in [-0.25, -0.2) is 4.98 Å². The van der Waals surface area contributed by atoms with Crippen LogP contribution in [0.3, 0.4) is 0 Å². The van der Waals surface area contributed by atoms with Crippen LogP contribution in [0.25, 0.3) is 16.2 Å². The normalized spacial score (nSPS) is 15.4.